The molecule has 0 aliphatic carbocycles. The summed E-state index contributed by atoms with van der Waals surface area (Å²) in [6.45, 7) is 4.35. The van der Waals surface area contributed by atoms with E-state index >= 15 is 0 Å². The van der Waals surface area contributed by atoms with Crippen molar-refractivity contribution in [2.75, 3.05) is 0 Å². The summed E-state index contributed by atoms with van der Waals surface area (Å²) in [4.78, 5) is 15.3. The largest absolute Gasteiger partial charge is 0.366 e. The molecular formula is C14H20N4O. The summed E-state index contributed by atoms with van der Waals surface area (Å²) in [7, 11) is 0. The Hall–Kier alpha value is -1.91. The third-order valence-electron chi connectivity index (χ3n) is 3.28. The van der Waals surface area contributed by atoms with E-state index in [4.69, 9.17) is 5.73 Å². The van der Waals surface area contributed by atoms with Crippen LogP contribution in [-0.2, 0) is 0 Å². The van der Waals surface area contributed by atoms with Crippen LogP contribution in [0, 0.1) is 0 Å². The zero-order chi connectivity index (χ0) is 13.8. The quantitative estimate of drug-likeness (QED) is 0.867. The first kappa shape index (κ1) is 13.5. The van der Waals surface area contributed by atoms with Crippen LogP contribution in [0.2, 0.25) is 0 Å². The number of carbonyl (C=O) groups is 1. The Labute approximate surface area is 112 Å². The van der Waals surface area contributed by atoms with Crippen molar-refractivity contribution in [2.24, 2.45) is 5.73 Å². The Balaban J connectivity index is 2.36. The summed E-state index contributed by atoms with van der Waals surface area (Å²) in [5.41, 5.74) is 6.35. The second kappa shape index (κ2) is 5.82. The van der Waals surface area contributed by atoms with Gasteiger partial charge < -0.3 is 5.73 Å². The third-order valence-corrected chi connectivity index (χ3v) is 3.28. The molecule has 0 saturated heterocycles. The molecule has 5 nitrogen and oxygen atoms in total. The number of nitrogens with zero attached hydrogens (tertiary/aromatic N) is 3. The van der Waals surface area contributed by atoms with E-state index < -0.39 is 5.91 Å². The van der Waals surface area contributed by atoms with Crippen molar-refractivity contribution in [1.29, 1.82) is 0 Å². The molecule has 19 heavy (non-hydrogen) atoms. The van der Waals surface area contributed by atoms with Crippen LogP contribution in [0.15, 0.2) is 18.5 Å². The van der Waals surface area contributed by atoms with Crippen LogP contribution in [0.5, 0.6) is 0 Å². The number of fused-ring (bicyclic) bond motifs is 1. The number of amides is 1. The molecule has 0 spiro atoms. The summed E-state index contributed by atoms with van der Waals surface area (Å²) in [5, 5.41) is 5.37. The molecule has 2 N–H and O–H groups in total. The van der Waals surface area contributed by atoms with E-state index in [2.05, 4.69) is 23.9 Å². The molecule has 2 aromatic rings. The Morgan fingerprint density at radius 2 is 2.05 bits per heavy atom. The van der Waals surface area contributed by atoms with Gasteiger partial charge in [-0.3, -0.25) is 9.48 Å². The summed E-state index contributed by atoms with van der Waals surface area (Å²) >= 11 is 0. The van der Waals surface area contributed by atoms with Gasteiger partial charge in [0.05, 0.1) is 11.6 Å². The van der Waals surface area contributed by atoms with Gasteiger partial charge in [0.2, 0.25) is 5.91 Å². The maximum absolute atomic E-state index is 11.1. The zero-order valence-electron chi connectivity index (χ0n) is 11.5. The van der Waals surface area contributed by atoms with Gasteiger partial charge in [0.1, 0.15) is 0 Å². The van der Waals surface area contributed by atoms with Crippen LogP contribution in [0.4, 0.5) is 0 Å². The molecule has 0 saturated carbocycles. The minimum atomic E-state index is -0.458. The van der Waals surface area contributed by atoms with Crippen molar-refractivity contribution in [2.45, 2.75) is 45.6 Å². The molecule has 2 heterocycles. The monoisotopic (exact) mass is 260 g/mol. The maximum Gasteiger partial charge on any atom is 0.250 e. The number of rotatable bonds is 6. The van der Waals surface area contributed by atoms with Crippen molar-refractivity contribution in [1.82, 2.24) is 14.8 Å². The Morgan fingerprint density at radius 1 is 1.37 bits per heavy atom. The van der Waals surface area contributed by atoms with E-state index in [-0.39, 0.29) is 0 Å². The molecule has 0 aliphatic heterocycles. The lowest BCUT2D eigenvalue weighted by Gasteiger charge is -2.15. The van der Waals surface area contributed by atoms with Crippen molar-refractivity contribution < 1.29 is 4.79 Å². The highest BCUT2D eigenvalue weighted by Crippen LogP contribution is 2.22. The summed E-state index contributed by atoms with van der Waals surface area (Å²) in [6.07, 6.45) is 7.90. The number of aromatic nitrogens is 3. The SMILES string of the molecule is CCCC(CCC)n1cc2cc(C(N)=O)cnc2n1. The highest BCUT2D eigenvalue weighted by Gasteiger charge is 2.13. The molecule has 102 valence electrons. The van der Waals surface area contributed by atoms with Gasteiger partial charge in [0, 0.05) is 17.8 Å². The second-order valence-corrected chi connectivity index (χ2v) is 4.84. The van der Waals surface area contributed by atoms with Crippen LogP contribution in [0.25, 0.3) is 11.0 Å². The second-order valence-electron chi connectivity index (χ2n) is 4.84. The van der Waals surface area contributed by atoms with Crippen LogP contribution in [-0.4, -0.2) is 20.7 Å². The summed E-state index contributed by atoms with van der Waals surface area (Å²) in [6, 6.07) is 2.16. The fraction of sp³-hybridized carbons (Fsp3) is 0.500. The fourth-order valence-electron chi connectivity index (χ4n) is 2.33. The smallest absolute Gasteiger partial charge is 0.250 e. The van der Waals surface area contributed by atoms with Gasteiger partial charge >= 0.3 is 0 Å². The first-order valence-electron chi connectivity index (χ1n) is 6.80. The number of pyridine rings is 1. The van der Waals surface area contributed by atoms with Crippen LogP contribution >= 0.6 is 0 Å². The Morgan fingerprint density at radius 3 is 2.63 bits per heavy atom. The molecule has 0 aromatic carbocycles. The van der Waals surface area contributed by atoms with E-state index in [1.54, 1.807) is 6.07 Å². The average molecular weight is 260 g/mol. The van der Waals surface area contributed by atoms with Crippen LogP contribution < -0.4 is 5.73 Å². The number of primary amides is 1. The molecule has 2 rings (SSSR count). The number of hydrogen-bond donors (Lipinski definition) is 1. The number of nitrogens with two attached hydrogens (primary N) is 1. The Bertz CT molecular complexity index is 570. The highest BCUT2D eigenvalue weighted by molar-refractivity contribution is 5.95. The average Bonchev–Trinajstić information content (AvgIpc) is 2.80. The number of hydrogen-bond acceptors (Lipinski definition) is 3. The fourth-order valence-corrected chi connectivity index (χ4v) is 2.33. The molecule has 0 aliphatic rings. The standard InChI is InChI=1S/C14H20N4O/c1-3-5-12(6-4-2)18-9-11-7-10(13(15)19)8-16-14(11)17-18/h7-9,12H,3-6H2,1-2H3,(H2,15,19). The summed E-state index contributed by atoms with van der Waals surface area (Å²) in [5.74, 6) is -0.458. The summed E-state index contributed by atoms with van der Waals surface area (Å²) < 4.78 is 1.98. The first-order valence-corrected chi connectivity index (χ1v) is 6.80. The minimum absolute atomic E-state index is 0.404. The van der Waals surface area contributed by atoms with Gasteiger partial charge in [-0.2, -0.15) is 5.10 Å². The normalized spacial score (nSPS) is 11.3. The zero-order valence-corrected chi connectivity index (χ0v) is 11.5. The molecule has 0 unspecified atom stereocenters. The number of carbonyl (C=O) groups excluding carboxylic acids is 1. The predicted octanol–water partition coefficient (Wildman–Crippen LogP) is 2.67. The van der Waals surface area contributed by atoms with Gasteiger partial charge in [0.25, 0.3) is 0 Å². The Kier molecular flexibility index (Phi) is 4.14. The predicted molar refractivity (Wildman–Crippen MR) is 74.9 cm³/mol. The van der Waals surface area contributed by atoms with Crippen LogP contribution in [0.1, 0.15) is 55.9 Å². The molecule has 0 atom stereocenters. The van der Waals surface area contributed by atoms with Gasteiger partial charge in [0.15, 0.2) is 5.65 Å². The van der Waals surface area contributed by atoms with Crippen molar-refractivity contribution in [3.63, 3.8) is 0 Å². The molecule has 1 amide bonds. The topological polar surface area (TPSA) is 73.8 Å². The van der Waals surface area contributed by atoms with E-state index in [9.17, 15) is 4.79 Å². The molecule has 2 aromatic heterocycles. The first-order chi connectivity index (χ1) is 9.15. The third kappa shape index (κ3) is 2.92. The lowest BCUT2D eigenvalue weighted by molar-refractivity contribution is 0.1000. The molecule has 0 fully saturated rings. The molecule has 0 bridgehead atoms. The van der Waals surface area contributed by atoms with Gasteiger partial charge in [-0.05, 0) is 18.9 Å². The van der Waals surface area contributed by atoms with Gasteiger partial charge in [-0.1, -0.05) is 26.7 Å². The van der Waals surface area contributed by atoms with Gasteiger partial charge in [-0.25, -0.2) is 4.98 Å². The molecule has 5 heteroatoms. The van der Waals surface area contributed by atoms with E-state index in [1.807, 2.05) is 10.9 Å². The van der Waals surface area contributed by atoms with Crippen molar-refractivity contribution >= 4 is 16.9 Å². The lowest BCUT2D eigenvalue weighted by atomic mass is 10.1. The minimum Gasteiger partial charge on any atom is -0.366 e. The van der Waals surface area contributed by atoms with Crippen LogP contribution in [0.3, 0.4) is 0 Å². The lowest BCUT2D eigenvalue weighted by Crippen LogP contribution is -2.10. The highest BCUT2D eigenvalue weighted by atomic mass is 16.1. The molecule has 0 radical (unpaired) electrons. The van der Waals surface area contributed by atoms with E-state index in [0.29, 0.717) is 17.3 Å². The van der Waals surface area contributed by atoms with Gasteiger partial charge in [-0.15, -0.1) is 0 Å². The molecular weight excluding hydrogens is 240 g/mol. The van der Waals surface area contributed by atoms with Crippen molar-refractivity contribution in [3.8, 4) is 0 Å². The van der Waals surface area contributed by atoms with Crippen molar-refractivity contribution in [3.05, 3.63) is 24.0 Å². The van der Waals surface area contributed by atoms with E-state index in [0.717, 1.165) is 31.1 Å². The van der Waals surface area contributed by atoms with E-state index in [1.165, 1.54) is 6.20 Å². The maximum atomic E-state index is 11.1.